The Kier molecular flexibility index (Phi) is 5.41. The fraction of sp³-hybridized carbons (Fsp3) is 0.812. The van der Waals surface area contributed by atoms with Gasteiger partial charge in [-0.3, -0.25) is 14.5 Å². The molecule has 0 aliphatic heterocycles. The third-order valence-corrected chi connectivity index (χ3v) is 4.67. The van der Waals surface area contributed by atoms with Crippen LogP contribution in [0.5, 0.6) is 0 Å². The van der Waals surface area contributed by atoms with Crippen molar-refractivity contribution < 1.29 is 9.59 Å². The zero-order chi connectivity index (χ0) is 16.2. The van der Waals surface area contributed by atoms with Crippen molar-refractivity contribution in [2.24, 2.45) is 0 Å². The Morgan fingerprint density at radius 1 is 1.18 bits per heavy atom. The maximum absolute atomic E-state index is 12.4. The maximum atomic E-state index is 12.4. The van der Waals surface area contributed by atoms with E-state index in [0.29, 0.717) is 6.04 Å². The highest BCUT2D eigenvalue weighted by Gasteiger charge is 2.38. The molecule has 0 radical (unpaired) electrons. The lowest BCUT2D eigenvalue weighted by molar-refractivity contribution is -0.136. The summed E-state index contributed by atoms with van der Waals surface area (Å²) in [4.78, 5) is 27.5. The minimum absolute atomic E-state index is 0.0342. The van der Waals surface area contributed by atoms with Gasteiger partial charge in [0.25, 0.3) is 0 Å². The van der Waals surface area contributed by atoms with Crippen molar-refractivity contribution in [2.45, 2.75) is 56.5 Å². The summed E-state index contributed by atoms with van der Waals surface area (Å²) in [5.74, 6) is -0.127. The number of carbonyl (C=O) groups is 2. The van der Waals surface area contributed by atoms with Crippen molar-refractivity contribution in [1.82, 2.24) is 15.1 Å². The van der Waals surface area contributed by atoms with Gasteiger partial charge in [-0.1, -0.05) is 19.3 Å². The SMILES string of the molecule is CN(CC(=O)NC1CC1)CC(=O)N(C)C1(C#N)CCCCC1. The molecule has 22 heavy (non-hydrogen) atoms. The van der Waals surface area contributed by atoms with Crippen LogP contribution in [0.25, 0.3) is 0 Å². The fourth-order valence-corrected chi connectivity index (χ4v) is 3.04. The minimum atomic E-state index is -0.660. The van der Waals surface area contributed by atoms with Gasteiger partial charge in [-0.05, 0) is 32.7 Å². The average Bonchev–Trinajstić information content (AvgIpc) is 3.30. The van der Waals surface area contributed by atoms with Gasteiger partial charge in [-0.25, -0.2) is 0 Å². The summed E-state index contributed by atoms with van der Waals surface area (Å²) in [7, 11) is 3.48. The van der Waals surface area contributed by atoms with Gasteiger partial charge in [0, 0.05) is 13.1 Å². The quantitative estimate of drug-likeness (QED) is 0.790. The minimum Gasteiger partial charge on any atom is -0.352 e. The van der Waals surface area contributed by atoms with E-state index in [-0.39, 0.29) is 24.9 Å². The number of nitrogens with one attached hydrogen (secondary N) is 1. The third-order valence-electron chi connectivity index (χ3n) is 4.67. The summed E-state index contributed by atoms with van der Waals surface area (Å²) in [6.45, 7) is 0.383. The smallest absolute Gasteiger partial charge is 0.237 e. The summed E-state index contributed by atoms with van der Waals surface area (Å²) in [5.41, 5.74) is -0.660. The van der Waals surface area contributed by atoms with Crippen LogP contribution in [0.1, 0.15) is 44.9 Å². The molecule has 0 saturated heterocycles. The van der Waals surface area contributed by atoms with Gasteiger partial charge in [0.05, 0.1) is 19.2 Å². The Balaban J connectivity index is 1.84. The van der Waals surface area contributed by atoms with Crippen LogP contribution < -0.4 is 5.32 Å². The van der Waals surface area contributed by atoms with Crippen molar-refractivity contribution in [3.8, 4) is 6.07 Å². The summed E-state index contributed by atoms with van der Waals surface area (Å²) in [6, 6.07) is 2.69. The van der Waals surface area contributed by atoms with Gasteiger partial charge in [0.2, 0.25) is 11.8 Å². The standard InChI is InChI=1S/C16H26N4O2/c1-19(10-14(21)18-13-6-7-13)11-15(22)20(2)16(12-17)8-4-3-5-9-16/h13H,3-11H2,1-2H3,(H,18,21). The zero-order valence-electron chi connectivity index (χ0n) is 13.6. The van der Waals surface area contributed by atoms with E-state index in [9.17, 15) is 14.9 Å². The monoisotopic (exact) mass is 306 g/mol. The second kappa shape index (κ2) is 7.10. The highest BCUT2D eigenvalue weighted by atomic mass is 16.2. The Morgan fingerprint density at radius 2 is 1.82 bits per heavy atom. The van der Waals surface area contributed by atoms with Gasteiger partial charge in [0.1, 0.15) is 5.54 Å². The molecule has 122 valence electrons. The second-order valence-electron chi connectivity index (χ2n) is 6.67. The van der Waals surface area contributed by atoms with Crippen LogP contribution in [0, 0.1) is 11.3 Å². The van der Waals surface area contributed by atoms with Crippen molar-refractivity contribution in [3.63, 3.8) is 0 Å². The van der Waals surface area contributed by atoms with Crippen LogP contribution in [-0.2, 0) is 9.59 Å². The molecule has 6 heteroatoms. The maximum Gasteiger partial charge on any atom is 0.237 e. The first-order valence-electron chi connectivity index (χ1n) is 8.13. The van der Waals surface area contributed by atoms with E-state index in [1.807, 2.05) is 0 Å². The molecule has 0 heterocycles. The molecular formula is C16H26N4O2. The van der Waals surface area contributed by atoms with E-state index in [1.54, 1.807) is 23.9 Å². The van der Waals surface area contributed by atoms with E-state index in [4.69, 9.17) is 0 Å². The lowest BCUT2D eigenvalue weighted by Gasteiger charge is -2.39. The molecule has 0 aromatic rings. The molecule has 2 saturated carbocycles. The molecule has 0 unspecified atom stereocenters. The first-order valence-corrected chi connectivity index (χ1v) is 8.13. The van der Waals surface area contributed by atoms with Gasteiger partial charge < -0.3 is 10.2 Å². The number of nitrogens with zero attached hydrogens (tertiary/aromatic N) is 3. The fourth-order valence-electron chi connectivity index (χ4n) is 3.04. The van der Waals surface area contributed by atoms with Crippen LogP contribution in [0.4, 0.5) is 0 Å². The Bertz CT molecular complexity index is 461. The molecule has 2 rings (SSSR count). The van der Waals surface area contributed by atoms with Crippen LogP contribution in [0.3, 0.4) is 0 Å². The number of amides is 2. The predicted molar refractivity (Wildman–Crippen MR) is 82.9 cm³/mol. The number of carbonyl (C=O) groups excluding carboxylic acids is 2. The lowest BCUT2D eigenvalue weighted by Crippen LogP contribution is -2.52. The zero-order valence-corrected chi connectivity index (χ0v) is 13.6. The normalized spacial score (nSPS) is 20.3. The number of nitriles is 1. The van der Waals surface area contributed by atoms with Crippen molar-refractivity contribution in [2.75, 3.05) is 27.2 Å². The second-order valence-corrected chi connectivity index (χ2v) is 6.67. The number of hydrogen-bond donors (Lipinski definition) is 1. The van der Waals surface area contributed by atoms with Gasteiger partial charge in [-0.15, -0.1) is 0 Å². The van der Waals surface area contributed by atoms with Crippen molar-refractivity contribution in [1.29, 1.82) is 5.26 Å². The Hall–Kier alpha value is -1.61. The summed E-state index contributed by atoms with van der Waals surface area (Å²) >= 11 is 0. The van der Waals surface area contributed by atoms with Gasteiger partial charge in [0.15, 0.2) is 0 Å². The number of rotatable bonds is 6. The van der Waals surface area contributed by atoms with E-state index in [1.165, 1.54) is 0 Å². The van der Waals surface area contributed by atoms with Crippen molar-refractivity contribution in [3.05, 3.63) is 0 Å². The Labute approximate surface area is 132 Å². The molecule has 2 fully saturated rings. The van der Waals surface area contributed by atoms with Gasteiger partial charge in [-0.2, -0.15) is 5.26 Å². The summed E-state index contributed by atoms with van der Waals surface area (Å²) < 4.78 is 0. The molecule has 2 aliphatic carbocycles. The van der Waals surface area contributed by atoms with Crippen LogP contribution in [0.15, 0.2) is 0 Å². The molecule has 0 bridgehead atoms. The molecular weight excluding hydrogens is 280 g/mol. The van der Waals surface area contributed by atoms with Crippen molar-refractivity contribution >= 4 is 11.8 Å². The summed E-state index contributed by atoms with van der Waals surface area (Å²) in [6.07, 6.45) is 6.72. The first-order chi connectivity index (χ1) is 10.5. The van der Waals surface area contributed by atoms with E-state index in [2.05, 4.69) is 11.4 Å². The predicted octanol–water partition coefficient (Wildman–Crippen LogP) is 0.882. The van der Waals surface area contributed by atoms with E-state index < -0.39 is 5.54 Å². The highest BCUT2D eigenvalue weighted by Crippen LogP contribution is 2.32. The lowest BCUT2D eigenvalue weighted by atomic mass is 9.81. The highest BCUT2D eigenvalue weighted by molar-refractivity contribution is 5.82. The molecule has 0 spiro atoms. The number of likely N-dealkylation sites (N-methyl/N-ethyl adjacent to an activating group) is 2. The average molecular weight is 306 g/mol. The van der Waals surface area contributed by atoms with E-state index >= 15 is 0 Å². The van der Waals surface area contributed by atoms with E-state index in [0.717, 1.165) is 44.9 Å². The van der Waals surface area contributed by atoms with Gasteiger partial charge >= 0.3 is 0 Å². The molecule has 2 amide bonds. The molecule has 1 N–H and O–H groups in total. The first kappa shape index (κ1) is 16.8. The number of hydrogen-bond acceptors (Lipinski definition) is 4. The van der Waals surface area contributed by atoms with Crippen LogP contribution in [0.2, 0.25) is 0 Å². The molecule has 0 aromatic carbocycles. The molecule has 0 atom stereocenters. The van der Waals surface area contributed by atoms with Crippen LogP contribution >= 0.6 is 0 Å². The Morgan fingerprint density at radius 3 is 2.36 bits per heavy atom. The summed E-state index contributed by atoms with van der Waals surface area (Å²) in [5, 5.41) is 12.4. The molecule has 6 nitrogen and oxygen atoms in total. The molecule has 0 aromatic heterocycles. The third kappa shape index (κ3) is 4.20. The largest absolute Gasteiger partial charge is 0.352 e. The molecule has 2 aliphatic rings. The van der Waals surface area contributed by atoms with Crippen LogP contribution in [-0.4, -0.2) is 60.4 Å². The topological polar surface area (TPSA) is 76.4 Å².